The maximum atomic E-state index is 13.5. The number of aromatic amines is 1. The average Bonchev–Trinajstić information content (AvgIpc) is 2.50. The fraction of sp³-hybridized carbons (Fsp3) is 0.0588. The van der Waals surface area contributed by atoms with Gasteiger partial charge in [0.1, 0.15) is 16.3 Å². The topological polar surface area (TPSA) is 28.7 Å². The molecule has 3 rings (SSSR count). The fourth-order valence-corrected chi connectivity index (χ4v) is 2.43. The van der Waals surface area contributed by atoms with Gasteiger partial charge in [-0.05, 0) is 30.7 Å². The van der Waals surface area contributed by atoms with Crippen molar-refractivity contribution < 1.29 is 4.39 Å². The highest BCUT2D eigenvalue weighted by molar-refractivity contribution is 7.71. The lowest BCUT2D eigenvalue weighted by molar-refractivity contribution is 0.628. The van der Waals surface area contributed by atoms with Gasteiger partial charge in [-0.1, -0.05) is 48.6 Å². The largest absolute Gasteiger partial charge is 0.339 e. The van der Waals surface area contributed by atoms with Crippen LogP contribution in [0.15, 0.2) is 54.6 Å². The van der Waals surface area contributed by atoms with E-state index in [9.17, 15) is 4.39 Å². The third-order valence-corrected chi connectivity index (χ3v) is 3.49. The highest BCUT2D eigenvalue weighted by Crippen LogP contribution is 2.25. The first-order valence-electron chi connectivity index (χ1n) is 6.57. The highest BCUT2D eigenvalue weighted by atomic mass is 32.1. The molecule has 0 fully saturated rings. The van der Waals surface area contributed by atoms with E-state index in [1.54, 1.807) is 12.1 Å². The number of nitrogens with one attached hydrogen (secondary N) is 1. The summed E-state index contributed by atoms with van der Waals surface area (Å²) in [6, 6.07) is 16.2. The van der Waals surface area contributed by atoms with E-state index in [1.165, 1.54) is 12.1 Å². The molecule has 21 heavy (non-hydrogen) atoms. The Kier molecular flexibility index (Phi) is 3.62. The van der Waals surface area contributed by atoms with Crippen LogP contribution >= 0.6 is 12.2 Å². The first-order chi connectivity index (χ1) is 10.1. The summed E-state index contributed by atoms with van der Waals surface area (Å²) in [6.07, 6.45) is 0. The number of rotatable bonds is 2. The molecule has 0 aliphatic carbocycles. The molecule has 0 saturated heterocycles. The molecule has 4 heteroatoms. The van der Waals surface area contributed by atoms with E-state index < -0.39 is 0 Å². The van der Waals surface area contributed by atoms with Crippen LogP contribution in [0.25, 0.3) is 22.6 Å². The van der Waals surface area contributed by atoms with Crippen molar-refractivity contribution in [1.82, 2.24) is 9.97 Å². The first kappa shape index (κ1) is 13.6. The number of hydrogen-bond donors (Lipinski definition) is 1. The number of benzene rings is 2. The molecule has 0 aliphatic heterocycles. The van der Waals surface area contributed by atoms with Crippen molar-refractivity contribution in [3.63, 3.8) is 0 Å². The summed E-state index contributed by atoms with van der Waals surface area (Å²) in [4.78, 5) is 7.59. The van der Waals surface area contributed by atoms with E-state index in [2.05, 4.69) is 9.97 Å². The van der Waals surface area contributed by atoms with Crippen LogP contribution in [-0.4, -0.2) is 9.97 Å². The first-order valence-corrected chi connectivity index (χ1v) is 6.97. The Labute approximate surface area is 127 Å². The number of nitrogens with zero attached hydrogens (tertiary/aromatic N) is 1. The molecule has 2 nitrogen and oxygen atoms in total. The third kappa shape index (κ3) is 2.90. The Morgan fingerprint density at radius 2 is 1.81 bits per heavy atom. The minimum Gasteiger partial charge on any atom is -0.339 e. The molecule has 2 aromatic carbocycles. The summed E-state index contributed by atoms with van der Waals surface area (Å²) in [7, 11) is 0. The number of aryl methyl sites for hydroxylation is 1. The molecule has 1 N–H and O–H groups in total. The predicted molar refractivity (Wildman–Crippen MR) is 85.0 cm³/mol. The Morgan fingerprint density at radius 3 is 2.57 bits per heavy atom. The molecule has 0 unspecified atom stereocenters. The monoisotopic (exact) mass is 296 g/mol. The van der Waals surface area contributed by atoms with Crippen molar-refractivity contribution in [2.75, 3.05) is 0 Å². The van der Waals surface area contributed by atoms with Gasteiger partial charge in [0.25, 0.3) is 0 Å². The van der Waals surface area contributed by atoms with Crippen molar-refractivity contribution in [2.45, 2.75) is 6.92 Å². The summed E-state index contributed by atoms with van der Waals surface area (Å²) < 4.78 is 14.0. The molecular formula is C17H13FN2S. The average molecular weight is 296 g/mol. The van der Waals surface area contributed by atoms with E-state index in [0.717, 1.165) is 22.4 Å². The summed E-state index contributed by atoms with van der Waals surface area (Å²) in [5.41, 5.74) is 3.48. The maximum absolute atomic E-state index is 13.5. The van der Waals surface area contributed by atoms with Gasteiger partial charge in [0.2, 0.25) is 0 Å². The predicted octanol–water partition coefficient (Wildman–Crippen LogP) is 4.92. The lowest BCUT2D eigenvalue weighted by Crippen LogP contribution is -1.94. The lowest BCUT2D eigenvalue weighted by Gasteiger charge is -2.09. The minimum absolute atomic E-state index is 0.270. The van der Waals surface area contributed by atoms with Gasteiger partial charge in [-0.2, -0.15) is 0 Å². The molecule has 3 aromatic rings. The van der Waals surface area contributed by atoms with Gasteiger partial charge in [-0.3, -0.25) is 0 Å². The fourth-order valence-electron chi connectivity index (χ4n) is 2.22. The van der Waals surface area contributed by atoms with Crippen LogP contribution in [0.3, 0.4) is 0 Å². The molecule has 0 saturated carbocycles. The van der Waals surface area contributed by atoms with Crippen LogP contribution in [0.2, 0.25) is 0 Å². The molecule has 104 valence electrons. The number of aromatic nitrogens is 2. The maximum Gasteiger partial charge on any atom is 0.139 e. The molecule has 1 heterocycles. The minimum atomic E-state index is -0.270. The zero-order valence-corrected chi connectivity index (χ0v) is 12.2. The summed E-state index contributed by atoms with van der Waals surface area (Å²) in [6.45, 7) is 1.94. The Bertz CT molecular complexity index is 841. The van der Waals surface area contributed by atoms with E-state index in [4.69, 9.17) is 12.2 Å². The van der Waals surface area contributed by atoms with Crippen LogP contribution in [0.4, 0.5) is 4.39 Å². The molecule has 0 aliphatic rings. The van der Waals surface area contributed by atoms with Crippen LogP contribution < -0.4 is 0 Å². The van der Waals surface area contributed by atoms with Crippen LogP contribution in [-0.2, 0) is 0 Å². The van der Waals surface area contributed by atoms with Gasteiger partial charge in [0.05, 0.1) is 5.69 Å². The molecule has 1 aromatic heterocycles. The smallest absolute Gasteiger partial charge is 0.139 e. The zero-order valence-electron chi connectivity index (χ0n) is 11.4. The summed E-state index contributed by atoms with van der Waals surface area (Å²) in [5, 5.41) is 0. The van der Waals surface area contributed by atoms with Crippen molar-refractivity contribution in [3.05, 3.63) is 70.6 Å². The van der Waals surface area contributed by atoms with Crippen molar-refractivity contribution in [3.8, 4) is 22.6 Å². The normalized spacial score (nSPS) is 10.6. The van der Waals surface area contributed by atoms with Gasteiger partial charge in [0.15, 0.2) is 0 Å². The van der Waals surface area contributed by atoms with E-state index in [1.807, 2.05) is 37.3 Å². The van der Waals surface area contributed by atoms with Gasteiger partial charge in [-0.15, -0.1) is 0 Å². The van der Waals surface area contributed by atoms with Crippen LogP contribution in [0, 0.1) is 17.4 Å². The van der Waals surface area contributed by atoms with Gasteiger partial charge >= 0.3 is 0 Å². The second-order valence-corrected chi connectivity index (χ2v) is 5.23. The van der Waals surface area contributed by atoms with Crippen molar-refractivity contribution >= 4 is 12.2 Å². The van der Waals surface area contributed by atoms with Gasteiger partial charge in [-0.25, -0.2) is 9.37 Å². The number of H-pyrrole nitrogens is 1. The van der Waals surface area contributed by atoms with Crippen LogP contribution in [0.1, 0.15) is 5.56 Å². The SMILES string of the molecule is Cc1ccc(F)cc1-c1cc(=S)nc(-c2ccccc2)[nH]1. The summed E-state index contributed by atoms with van der Waals surface area (Å²) in [5.74, 6) is 0.412. The molecule has 0 radical (unpaired) electrons. The van der Waals surface area contributed by atoms with E-state index in [-0.39, 0.29) is 5.82 Å². The lowest BCUT2D eigenvalue weighted by atomic mass is 10.1. The third-order valence-electron chi connectivity index (χ3n) is 3.28. The van der Waals surface area contributed by atoms with Gasteiger partial charge < -0.3 is 4.98 Å². The van der Waals surface area contributed by atoms with Crippen LogP contribution in [0.5, 0.6) is 0 Å². The number of halogens is 1. The van der Waals surface area contributed by atoms with Gasteiger partial charge in [0, 0.05) is 11.1 Å². The Morgan fingerprint density at radius 1 is 1.05 bits per heavy atom. The highest BCUT2D eigenvalue weighted by Gasteiger charge is 2.07. The Balaban J connectivity index is 2.19. The van der Waals surface area contributed by atoms with E-state index >= 15 is 0 Å². The molecule has 0 atom stereocenters. The standard InChI is InChI=1S/C17H13FN2S/c1-11-7-8-13(18)9-14(11)15-10-16(21)20-17(19-15)12-5-3-2-4-6-12/h2-10H,1H3,(H,19,20,21). The summed E-state index contributed by atoms with van der Waals surface area (Å²) >= 11 is 5.24. The Hall–Kier alpha value is -2.33. The number of hydrogen-bond acceptors (Lipinski definition) is 2. The quantitative estimate of drug-likeness (QED) is 0.680. The molecule has 0 bridgehead atoms. The second kappa shape index (κ2) is 5.58. The second-order valence-electron chi connectivity index (χ2n) is 4.81. The molecule has 0 amide bonds. The molecule has 0 spiro atoms. The zero-order chi connectivity index (χ0) is 14.8. The van der Waals surface area contributed by atoms with Crippen molar-refractivity contribution in [1.29, 1.82) is 0 Å². The van der Waals surface area contributed by atoms with E-state index in [0.29, 0.717) is 10.5 Å². The van der Waals surface area contributed by atoms with Crippen molar-refractivity contribution in [2.24, 2.45) is 0 Å². The molecular weight excluding hydrogens is 283 g/mol.